The molecule has 1 heterocycles. The van der Waals surface area contributed by atoms with Gasteiger partial charge in [0.05, 0.1) is 10.4 Å². The lowest BCUT2D eigenvalue weighted by Crippen LogP contribution is -2.15. The summed E-state index contributed by atoms with van der Waals surface area (Å²) in [7, 11) is 0. The second-order valence-electron chi connectivity index (χ2n) is 6.69. The Balaban J connectivity index is 0.00000136. The van der Waals surface area contributed by atoms with Gasteiger partial charge in [-0.3, -0.25) is 14.8 Å². The van der Waals surface area contributed by atoms with Crippen molar-refractivity contribution in [3.05, 3.63) is 70.4 Å². The Hall–Kier alpha value is -2.31. The van der Waals surface area contributed by atoms with Crippen molar-refractivity contribution < 1.29 is 4.92 Å². The second-order valence-corrected chi connectivity index (χ2v) is 8.16. The highest BCUT2D eigenvalue weighted by atomic mass is 32.2. The molecule has 0 aliphatic carbocycles. The third kappa shape index (κ3) is 5.36. The van der Waals surface area contributed by atoms with Gasteiger partial charge in [0.2, 0.25) is 0 Å². The van der Waals surface area contributed by atoms with Crippen molar-refractivity contribution in [1.82, 2.24) is 9.29 Å². The molecule has 3 aromatic rings. The van der Waals surface area contributed by atoms with Gasteiger partial charge in [0.15, 0.2) is 0 Å². The number of benzene rings is 2. The minimum Gasteiger partial charge on any atom is -0.317 e. The number of fused-ring (bicyclic) bond motifs is 1. The zero-order valence-corrected chi connectivity index (χ0v) is 18.0. The first-order chi connectivity index (χ1) is 13.5. The standard InChI is InChI=1S/C20H23N3O2S.C2H6/c1-14(2)26-21-13-15(3)16-4-6-18(7-5-16)22-11-10-17-12-19(23(24)25)8-9-20(17)22;1-2/h4-12,14-15,21H,13H2,1-3H3;1-2H3. The molecule has 0 aliphatic rings. The van der Waals surface area contributed by atoms with Crippen LogP contribution in [0.5, 0.6) is 0 Å². The Morgan fingerprint density at radius 2 is 1.75 bits per heavy atom. The number of nitro groups is 1. The predicted molar refractivity (Wildman–Crippen MR) is 120 cm³/mol. The molecular formula is C22H29N3O2S. The van der Waals surface area contributed by atoms with E-state index in [0.29, 0.717) is 11.2 Å². The summed E-state index contributed by atoms with van der Waals surface area (Å²) in [6, 6.07) is 15.4. The Labute approximate surface area is 171 Å². The fourth-order valence-corrected chi connectivity index (χ4v) is 3.57. The SMILES string of the molecule is CC.CC(C)SNCC(C)c1ccc(-n2ccc3cc([N+](=O)[O-])ccc32)cc1. The molecule has 0 saturated heterocycles. The number of hydrogen-bond donors (Lipinski definition) is 1. The monoisotopic (exact) mass is 399 g/mol. The van der Waals surface area contributed by atoms with Gasteiger partial charge < -0.3 is 4.57 Å². The smallest absolute Gasteiger partial charge is 0.270 e. The lowest BCUT2D eigenvalue weighted by Gasteiger charge is -2.15. The summed E-state index contributed by atoms with van der Waals surface area (Å²) >= 11 is 1.76. The molecule has 0 aliphatic heterocycles. The van der Waals surface area contributed by atoms with Gasteiger partial charge in [-0.25, -0.2) is 0 Å². The van der Waals surface area contributed by atoms with Gasteiger partial charge in [0.1, 0.15) is 0 Å². The largest absolute Gasteiger partial charge is 0.317 e. The molecule has 1 N–H and O–H groups in total. The van der Waals surface area contributed by atoms with Crippen LogP contribution in [0, 0.1) is 10.1 Å². The highest BCUT2D eigenvalue weighted by molar-refractivity contribution is 7.97. The third-order valence-corrected chi connectivity index (χ3v) is 5.14. The van der Waals surface area contributed by atoms with E-state index in [1.807, 2.05) is 26.1 Å². The van der Waals surface area contributed by atoms with Gasteiger partial charge in [-0.05, 0) is 35.7 Å². The molecule has 0 fully saturated rings. The van der Waals surface area contributed by atoms with Crippen LogP contribution in [0.2, 0.25) is 0 Å². The zero-order valence-electron chi connectivity index (χ0n) is 17.2. The molecule has 0 amide bonds. The van der Waals surface area contributed by atoms with Crippen LogP contribution in [0.25, 0.3) is 16.6 Å². The molecule has 0 spiro atoms. The van der Waals surface area contributed by atoms with Crippen LogP contribution in [0.15, 0.2) is 54.7 Å². The fourth-order valence-electron chi connectivity index (χ4n) is 2.89. The van der Waals surface area contributed by atoms with E-state index in [-0.39, 0.29) is 10.6 Å². The first-order valence-electron chi connectivity index (χ1n) is 9.70. The summed E-state index contributed by atoms with van der Waals surface area (Å²) in [5.41, 5.74) is 3.42. The number of non-ortho nitro benzene ring substituents is 1. The van der Waals surface area contributed by atoms with Gasteiger partial charge in [0.25, 0.3) is 5.69 Å². The van der Waals surface area contributed by atoms with Crippen molar-refractivity contribution in [2.75, 3.05) is 6.54 Å². The highest BCUT2D eigenvalue weighted by Crippen LogP contribution is 2.26. The van der Waals surface area contributed by atoms with Crippen molar-refractivity contribution in [3.63, 3.8) is 0 Å². The van der Waals surface area contributed by atoms with Crippen LogP contribution in [0.1, 0.15) is 46.1 Å². The maximum atomic E-state index is 10.9. The summed E-state index contributed by atoms with van der Waals surface area (Å²) in [5, 5.41) is 12.4. The van der Waals surface area contributed by atoms with E-state index in [1.165, 1.54) is 5.56 Å². The predicted octanol–water partition coefficient (Wildman–Crippen LogP) is 6.31. The van der Waals surface area contributed by atoms with Crippen LogP contribution in [0.3, 0.4) is 0 Å². The summed E-state index contributed by atoms with van der Waals surface area (Å²) in [6.07, 6.45) is 1.95. The van der Waals surface area contributed by atoms with Crippen molar-refractivity contribution in [3.8, 4) is 5.69 Å². The highest BCUT2D eigenvalue weighted by Gasteiger charge is 2.11. The number of hydrogen-bond acceptors (Lipinski definition) is 4. The molecule has 1 unspecified atom stereocenters. The number of nitrogens with one attached hydrogen (secondary N) is 1. The van der Waals surface area contributed by atoms with Crippen LogP contribution < -0.4 is 4.72 Å². The van der Waals surface area contributed by atoms with E-state index in [4.69, 9.17) is 0 Å². The van der Waals surface area contributed by atoms with Crippen molar-refractivity contribution in [1.29, 1.82) is 0 Å². The quantitative estimate of drug-likeness (QED) is 0.287. The minimum atomic E-state index is -0.363. The van der Waals surface area contributed by atoms with E-state index in [0.717, 1.165) is 23.1 Å². The number of rotatable bonds is 7. The molecule has 3 rings (SSSR count). The Morgan fingerprint density at radius 3 is 2.36 bits per heavy atom. The fraction of sp³-hybridized carbons (Fsp3) is 0.364. The Morgan fingerprint density at radius 1 is 1.07 bits per heavy atom. The normalized spacial score (nSPS) is 11.9. The molecule has 6 heteroatoms. The van der Waals surface area contributed by atoms with E-state index in [9.17, 15) is 10.1 Å². The maximum absolute atomic E-state index is 10.9. The van der Waals surface area contributed by atoms with Crippen LogP contribution in [-0.2, 0) is 0 Å². The van der Waals surface area contributed by atoms with E-state index >= 15 is 0 Å². The number of aromatic nitrogens is 1. The van der Waals surface area contributed by atoms with Crippen LogP contribution >= 0.6 is 11.9 Å². The lowest BCUT2D eigenvalue weighted by molar-refractivity contribution is -0.384. The molecule has 0 bridgehead atoms. The molecular weight excluding hydrogens is 370 g/mol. The zero-order chi connectivity index (χ0) is 20.7. The topological polar surface area (TPSA) is 60.1 Å². The van der Waals surface area contributed by atoms with Crippen molar-refractivity contribution in [2.45, 2.75) is 45.8 Å². The van der Waals surface area contributed by atoms with Crippen molar-refractivity contribution >= 4 is 28.5 Å². The maximum Gasteiger partial charge on any atom is 0.270 e. The minimum absolute atomic E-state index is 0.117. The van der Waals surface area contributed by atoms with E-state index in [1.54, 1.807) is 30.1 Å². The van der Waals surface area contributed by atoms with Gasteiger partial charge in [-0.1, -0.05) is 58.7 Å². The van der Waals surface area contributed by atoms with Crippen LogP contribution in [-0.4, -0.2) is 21.3 Å². The number of nitrogens with zero attached hydrogens (tertiary/aromatic N) is 2. The Kier molecular flexibility index (Phi) is 8.08. The Bertz CT molecular complexity index is 904. The van der Waals surface area contributed by atoms with Gasteiger partial charge >= 0.3 is 0 Å². The first-order valence-corrected chi connectivity index (χ1v) is 10.6. The van der Waals surface area contributed by atoms with Crippen LogP contribution in [0.4, 0.5) is 5.69 Å². The molecule has 2 aromatic carbocycles. The summed E-state index contributed by atoms with van der Waals surface area (Å²) in [5.74, 6) is 0.430. The van der Waals surface area contributed by atoms with Gasteiger partial charge in [0, 0.05) is 41.2 Å². The first kappa shape index (κ1) is 22.0. The molecule has 0 radical (unpaired) electrons. The average Bonchev–Trinajstić information content (AvgIpc) is 3.12. The van der Waals surface area contributed by atoms with Gasteiger partial charge in [-0.2, -0.15) is 0 Å². The van der Waals surface area contributed by atoms with E-state index < -0.39 is 0 Å². The summed E-state index contributed by atoms with van der Waals surface area (Å²) < 4.78 is 5.48. The molecule has 28 heavy (non-hydrogen) atoms. The molecule has 0 saturated carbocycles. The summed E-state index contributed by atoms with van der Waals surface area (Å²) in [4.78, 5) is 10.6. The average molecular weight is 400 g/mol. The van der Waals surface area contributed by atoms with Crippen molar-refractivity contribution in [2.24, 2.45) is 0 Å². The summed E-state index contributed by atoms with van der Waals surface area (Å²) in [6.45, 7) is 11.5. The van der Waals surface area contributed by atoms with E-state index in [2.05, 4.69) is 54.3 Å². The second kappa shape index (κ2) is 10.3. The lowest BCUT2D eigenvalue weighted by atomic mass is 10.0. The molecule has 1 aromatic heterocycles. The van der Waals surface area contributed by atoms with Gasteiger partial charge in [-0.15, -0.1) is 0 Å². The number of nitro benzene ring substituents is 1. The molecule has 5 nitrogen and oxygen atoms in total. The third-order valence-electron chi connectivity index (χ3n) is 4.33. The molecule has 150 valence electrons. The molecule has 1 atom stereocenters.